The third-order valence-corrected chi connectivity index (χ3v) is 7.14. The van der Waals surface area contributed by atoms with E-state index in [0.29, 0.717) is 30.5 Å². The molecule has 1 amide bonds. The van der Waals surface area contributed by atoms with E-state index in [1.54, 1.807) is 42.5 Å². The topological polar surface area (TPSA) is 103 Å². The molecule has 0 aliphatic rings. The number of benzene rings is 3. The van der Waals surface area contributed by atoms with Crippen LogP contribution in [0.4, 0.5) is 5.69 Å². The minimum atomic E-state index is -4.12. The van der Waals surface area contributed by atoms with E-state index in [2.05, 4.69) is 5.32 Å². The number of carbonyl (C=O) groups excluding carboxylic acids is 1. The zero-order valence-corrected chi connectivity index (χ0v) is 22.2. The van der Waals surface area contributed by atoms with E-state index in [1.165, 1.54) is 32.4 Å². The number of nitrogens with zero attached hydrogens (tertiary/aromatic N) is 1. The third-order valence-electron chi connectivity index (χ3n) is 5.37. The van der Waals surface area contributed by atoms with Crippen molar-refractivity contribution in [1.82, 2.24) is 5.32 Å². The molecule has 0 saturated carbocycles. The number of rotatable bonds is 13. The fourth-order valence-corrected chi connectivity index (χ4v) is 5.05. The van der Waals surface area contributed by atoms with Gasteiger partial charge in [-0.15, -0.1) is 0 Å². The predicted octanol–water partition coefficient (Wildman–Crippen LogP) is 4.01. The highest BCUT2D eigenvalue weighted by atomic mass is 32.2. The molecule has 0 spiro atoms. The van der Waals surface area contributed by atoms with Crippen molar-refractivity contribution in [3.05, 3.63) is 72.3 Å². The Bertz CT molecular complexity index is 1300. The minimum Gasteiger partial charge on any atom is -0.497 e. The van der Waals surface area contributed by atoms with E-state index in [0.717, 1.165) is 9.87 Å². The second-order valence-electron chi connectivity index (χ2n) is 7.79. The van der Waals surface area contributed by atoms with Crippen molar-refractivity contribution in [3.8, 4) is 23.0 Å². The lowest BCUT2D eigenvalue weighted by Crippen LogP contribution is -2.40. The molecule has 0 saturated heterocycles. The predicted molar refractivity (Wildman–Crippen MR) is 141 cm³/mol. The minimum absolute atomic E-state index is 0.0422. The summed E-state index contributed by atoms with van der Waals surface area (Å²) in [6.45, 7) is 4.41. The Labute approximate surface area is 218 Å². The zero-order valence-electron chi connectivity index (χ0n) is 21.4. The molecule has 198 valence electrons. The summed E-state index contributed by atoms with van der Waals surface area (Å²) < 4.78 is 50.2. The standard InChI is InChI=1S/C27H32N2O7S/c1-5-35-25-14-12-20(16-26(25)36-6-2)18-28-27(30)19-29(37(31,32)22-10-8-7-9-11-22)23-17-21(33-3)13-15-24(23)34-4/h7-17H,5-6,18-19H2,1-4H3,(H,28,30). The van der Waals surface area contributed by atoms with E-state index >= 15 is 0 Å². The maximum atomic E-state index is 13.6. The van der Waals surface area contributed by atoms with E-state index in [4.69, 9.17) is 18.9 Å². The highest BCUT2D eigenvalue weighted by Crippen LogP contribution is 2.35. The van der Waals surface area contributed by atoms with E-state index in [9.17, 15) is 13.2 Å². The fraction of sp³-hybridized carbons (Fsp3) is 0.296. The van der Waals surface area contributed by atoms with Gasteiger partial charge in [-0.2, -0.15) is 0 Å². The summed E-state index contributed by atoms with van der Waals surface area (Å²) in [5.74, 6) is 1.38. The van der Waals surface area contributed by atoms with Gasteiger partial charge in [0.1, 0.15) is 18.0 Å². The molecule has 3 rings (SSSR count). The van der Waals surface area contributed by atoms with E-state index in [-0.39, 0.29) is 22.9 Å². The molecule has 0 aromatic heterocycles. The Morgan fingerprint density at radius 2 is 1.51 bits per heavy atom. The van der Waals surface area contributed by atoms with Crippen molar-refractivity contribution in [2.75, 3.05) is 38.3 Å². The Morgan fingerprint density at radius 1 is 0.838 bits per heavy atom. The smallest absolute Gasteiger partial charge is 0.264 e. The highest BCUT2D eigenvalue weighted by Gasteiger charge is 2.29. The van der Waals surface area contributed by atoms with Gasteiger partial charge >= 0.3 is 0 Å². The largest absolute Gasteiger partial charge is 0.497 e. The summed E-state index contributed by atoms with van der Waals surface area (Å²) >= 11 is 0. The molecule has 0 atom stereocenters. The highest BCUT2D eigenvalue weighted by molar-refractivity contribution is 7.92. The maximum absolute atomic E-state index is 13.6. The van der Waals surface area contributed by atoms with Crippen LogP contribution in [-0.4, -0.2) is 48.3 Å². The zero-order chi connectivity index (χ0) is 26.8. The normalized spacial score (nSPS) is 10.9. The maximum Gasteiger partial charge on any atom is 0.264 e. The molecule has 3 aromatic carbocycles. The van der Waals surface area contributed by atoms with Crippen molar-refractivity contribution in [2.45, 2.75) is 25.3 Å². The average Bonchev–Trinajstić information content (AvgIpc) is 2.92. The monoisotopic (exact) mass is 528 g/mol. The lowest BCUT2D eigenvalue weighted by atomic mass is 10.2. The van der Waals surface area contributed by atoms with E-state index in [1.807, 2.05) is 19.9 Å². The number of methoxy groups -OCH3 is 2. The number of ether oxygens (including phenoxy) is 4. The molecule has 0 unspecified atom stereocenters. The summed E-state index contributed by atoms with van der Waals surface area (Å²) in [4.78, 5) is 13.1. The summed E-state index contributed by atoms with van der Waals surface area (Å²) in [5.41, 5.74) is 0.956. The van der Waals surface area contributed by atoms with Crippen molar-refractivity contribution in [3.63, 3.8) is 0 Å². The van der Waals surface area contributed by atoms with Crippen molar-refractivity contribution in [2.24, 2.45) is 0 Å². The summed E-state index contributed by atoms with van der Waals surface area (Å²) in [7, 11) is -1.21. The third kappa shape index (κ3) is 6.85. The van der Waals surface area contributed by atoms with Gasteiger partial charge in [-0.25, -0.2) is 8.42 Å². The number of carbonyl (C=O) groups is 1. The van der Waals surface area contributed by atoms with E-state index < -0.39 is 22.5 Å². The summed E-state index contributed by atoms with van der Waals surface area (Å²) in [6, 6.07) is 18.1. The molecule has 0 aliphatic carbocycles. The van der Waals surface area contributed by atoms with Crippen LogP contribution in [0.1, 0.15) is 19.4 Å². The van der Waals surface area contributed by atoms with Crippen LogP contribution in [0.25, 0.3) is 0 Å². The van der Waals surface area contributed by atoms with Crippen LogP contribution in [0.15, 0.2) is 71.6 Å². The van der Waals surface area contributed by atoms with Gasteiger partial charge in [0.25, 0.3) is 10.0 Å². The summed E-state index contributed by atoms with van der Waals surface area (Å²) in [6.07, 6.45) is 0. The number of nitrogens with one attached hydrogen (secondary N) is 1. The summed E-state index contributed by atoms with van der Waals surface area (Å²) in [5, 5.41) is 2.80. The Balaban J connectivity index is 1.89. The number of hydrogen-bond donors (Lipinski definition) is 1. The lowest BCUT2D eigenvalue weighted by Gasteiger charge is -2.26. The number of amides is 1. The molecule has 3 aromatic rings. The number of anilines is 1. The van der Waals surface area contributed by atoms with Gasteiger partial charge in [-0.3, -0.25) is 9.10 Å². The van der Waals surface area contributed by atoms with Gasteiger partial charge < -0.3 is 24.3 Å². The Hall–Kier alpha value is -3.92. The van der Waals surface area contributed by atoms with Crippen molar-refractivity contribution in [1.29, 1.82) is 0 Å². The second kappa shape index (κ2) is 12.9. The van der Waals surface area contributed by atoms with Crippen LogP contribution in [-0.2, 0) is 21.4 Å². The van der Waals surface area contributed by atoms with Crippen LogP contribution in [0, 0.1) is 0 Å². The molecule has 0 radical (unpaired) electrons. The van der Waals surface area contributed by atoms with Crippen LogP contribution < -0.4 is 28.6 Å². The van der Waals surface area contributed by atoms with Gasteiger partial charge in [0, 0.05) is 12.6 Å². The van der Waals surface area contributed by atoms with Gasteiger partial charge in [-0.1, -0.05) is 24.3 Å². The number of hydrogen-bond acceptors (Lipinski definition) is 7. The van der Waals surface area contributed by atoms with Gasteiger partial charge in [0.15, 0.2) is 11.5 Å². The molecule has 0 fully saturated rings. The van der Waals surface area contributed by atoms with Gasteiger partial charge in [-0.05, 0) is 55.8 Å². The van der Waals surface area contributed by atoms with Gasteiger partial charge in [0.2, 0.25) is 5.91 Å². The first kappa shape index (κ1) is 27.7. The van der Waals surface area contributed by atoms with Gasteiger partial charge in [0.05, 0.1) is 38.0 Å². The Kier molecular flexibility index (Phi) is 9.62. The van der Waals surface area contributed by atoms with Crippen LogP contribution >= 0.6 is 0 Å². The second-order valence-corrected chi connectivity index (χ2v) is 9.65. The first-order valence-corrected chi connectivity index (χ1v) is 13.2. The molecule has 0 heterocycles. The van der Waals surface area contributed by atoms with Crippen molar-refractivity contribution >= 4 is 21.6 Å². The lowest BCUT2D eigenvalue weighted by molar-refractivity contribution is -0.119. The number of sulfonamides is 1. The molecule has 9 nitrogen and oxygen atoms in total. The SMILES string of the molecule is CCOc1ccc(CNC(=O)CN(c2cc(OC)ccc2OC)S(=O)(=O)c2ccccc2)cc1OCC. The molecule has 0 aliphatic heterocycles. The molecular formula is C27H32N2O7S. The molecular weight excluding hydrogens is 496 g/mol. The molecule has 1 N–H and O–H groups in total. The molecule has 10 heteroatoms. The average molecular weight is 529 g/mol. The first-order valence-electron chi connectivity index (χ1n) is 11.8. The van der Waals surface area contributed by atoms with Crippen molar-refractivity contribution < 1.29 is 32.2 Å². The fourth-order valence-electron chi connectivity index (χ4n) is 3.60. The molecule has 37 heavy (non-hydrogen) atoms. The Morgan fingerprint density at radius 3 is 2.16 bits per heavy atom. The van der Waals surface area contributed by atoms with Crippen LogP contribution in [0.3, 0.4) is 0 Å². The molecule has 0 bridgehead atoms. The quantitative estimate of drug-likeness (QED) is 0.358. The van der Waals surface area contributed by atoms with Crippen LogP contribution in [0.2, 0.25) is 0 Å². The first-order chi connectivity index (χ1) is 17.8. The van der Waals surface area contributed by atoms with Crippen LogP contribution in [0.5, 0.6) is 23.0 Å².